The van der Waals surface area contributed by atoms with Gasteiger partial charge < -0.3 is 14.5 Å². The summed E-state index contributed by atoms with van der Waals surface area (Å²) in [5.74, 6) is 0.0957. The van der Waals surface area contributed by atoms with E-state index < -0.39 is 0 Å². The first-order valence-electron chi connectivity index (χ1n) is 8.22. The predicted molar refractivity (Wildman–Crippen MR) is 83.7 cm³/mol. The van der Waals surface area contributed by atoms with Crippen LogP contribution in [0.25, 0.3) is 0 Å². The van der Waals surface area contributed by atoms with Crippen LogP contribution in [0.5, 0.6) is 0 Å². The van der Waals surface area contributed by atoms with E-state index in [1.165, 1.54) is 19.3 Å². The second-order valence-electron chi connectivity index (χ2n) is 6.64. The molecule has 1 N–H and O–H groups in total. The number of aromatic amines is 1. The number of hydrogen-bond donors (Lipinski definition) is 1. The number of methoxy groups -OCH3 is 1. The monoisotopic (exact) mass is 306 g/mol. The fourth-order valence-corrected chi connectivity index (χ4v) is 3.81. The minimum Gasteiger partial charge on any atom is -0.383 e. The van der Waals surface area contributed by atoms with E-state index in [1.807, 2.05) is 4.90 Å². The number of aromatic nitrogens is 2. The van der Waals surface area contributed by atoms with Crippen molar-refractivity contribution in [3.8, 4) is 0 Å². The lowest BCUT2D eigenvalue weighted by Crippen LogP contribution is -2.51. The van der Waals surface area contributed by atoms with Gasteiger partial charge in [-0.15, -0.1) is 0 Å². The lowest BCUT2D eigenvalue weighted by Gasteiger charge is -2.47. The molecular weight excluding hydrogens is 280 g/mol. The molecule has 0 bridgehead atoms. The molecule has 0 atom stereocenters. The molecule has 1 aromatic rings. The Hall–Kier alpha value is -1.40. The maximum absolute atomic E-state index is 12.5. The highest BCUT2D eigenvalue weighted by atomic mass is 16.5. The Morgan fingerprint density at radius 2 is 2.18 bits per heavy atom. The topological polar surface area (TPSA) is 61.5 Å². The molecular formula is C16H26N4O2. The Morgan fingerprint density at radius 1 is 1.36 bits per heavy atom. The molecule has 0 radical (unpaired) electrons. The van der Waals surface area contributed by atoms with E-state index in [9.17, 15) is 4.79 Å². The van der Waals surface area contributed by atoms with Gasteiger partial charge in [0.15, 0.2) is 0 Å². The number of hydrogen-bond acceptors (Lipinski definition) is 4. The third-order valence-corrected chi connectivity index (χ3v) is 5.21. The first-order chi connectivity index (χ1) is 10.7. The van der Waals surface area contributed by atoms with Crippen molar-refractivity contribution in [1.82, 2.24) is 20.0 Å². The Balaban J connectivity index is 1.58. The van der Waals surface area contributed by atoms with E-state index in [1.54, 1.807) is 19.4 Å². The summed E-state index contributed by atoms with van der Waals surface area (Å²) in [5.41, 5.74) is 0.923. The highest BCUT2D eigenvalue weighted by Gasteiger charge is 2.39. The fraction of sp³-hybridized carbons (Fsp3) is 0.750. The van der Waals surface area contributed by atoms with Crippen LogP contribution in [-0.4, -0.2) is 72.3 Å². The normalized spacial score (nSPS) is 22.1. The maximum atomic E-state index is 12.5. The van der Waals surface area contributed by atoms with Crippen LogP contribution in [0.1, 0.15) is 36.2 Å². The molecule has 1 aromatic heterocycles. The van der Waals surface area contributed by atoms with Crippen LogP contribution < -0.4 is 0 Å². The van der Waals surface area contributed by atoms with Crippen molar-refractivity contribution in [2.45, 2.75) is 25.7 Å². The summed E-state index contributed by atoms with van der Waals surface area (Å²) in [6.45, 7) is 5.82. The first-order valence-corrected chi connectivity index (χ1v) is 8.22. The van der Waals surface area contributed by atoms with E-state index in [4.69, 9.17) is 4.74 Å². The molecule has 6 heteroatoms. The van der Waals surface area contributed by atoms with E-state index in [2.05, 4.69) is 15.1 Å². The second-order valence-corrected chi connectivity index (χ2v) is 6.64. The number of nitrogens with one attached hydrogen (secondary N) is 1. The van der Waals surface area contributed by atoms with Crippen LogP contribution >= 0.6 is 0 Å². The summed E-state index contributed by atoms with van der Waals surface area (Å²) in [6.07, 6.45) is 6.37. The molecule has 2 fully saturated rings. The highest BCUT2D eigenvalue weighted by molar-refractivity contribution is 5.92. The zero-order valence-electron chi connectivity index (χ0n) is 13.4. The lowest BCUT2D eigenvalue weighted by molar-refractivity contribution is 0.0163. The van der Waals surface area contributed by atoms with Gasteiger partial charge in [-0.2, -0.15) is 5.10 Å². The summed E-state index contributed by atoms with van der Waals surface area (Å²) in [4.78, 5) is 17.0. The van der Waals surface area contributed by atoms with Crippen molar-refractivity contribution in [2.24, 2.45) is 5.41 Å². The van der Waals surface area contributed by atoms with Gasteiger partial charge in [0.2, 0.25) is 0 Å². The fourth-order valence-electron chi connectivity index (χ4n) is 3.81. The minimum absolute atomic E-state index is 0.0957. The first kappa shape index (κ1) is 15.5. The minimum atomic E-state index is 0.0957. The zero-order valence-corrected chi connectivity index (χ0v) is 13.4. The number of carbonyl (C=O) groups excluding carboxylic acids is 1. The van der Waals surface area contributed by atoms with Gasteiger partial charge in [-0.3, -0.25) is 9.89 Å². The van der Waals surface area contributed by atoms with Gasteiger partial charge >= 0.3 is 0 Å². The SMILES string of the molecule is COCCN1CCC2(CCCN(C(=O)c3ccn[nH]3)C2)CC1. The van der Waals surface area contributed by atoms with Crippen molar-refractivity contribution in [3.63, 3.8) is 0 Å². The van der Waals surface area contributed by atoms with Gasteiger partial charge in [-0.1, -0.05) is 0 Å². The van der Waals surface area contributed by atoms with Crippen molar-refractivity contribution >= 4 is 5.91 Å². The Kier molecular flexibility index (Phi) is 4.78. The molecule has 0 unspecified atom stereocenters. The van der Waals surface area contributed by atoms with Crippen LogP contribution in [0.3, 0.4) is 0 Å². The molecule has 3 heterocycles. The number of ether oxygens (including phenoxy) is 1. The second kappa shape index (κ2) is 6.79. The van der Waals surface area contributed by atoms with Gasteiger partial charge in [0, 0.05) is 32.9 Å². The van der Waals surface area contributed by atoms with E-state index >= 15 is 0 Å². The largest absolute Gasteiger partial charge is 0.383 e. The molecule has 0 aromatic carbocycles. The molecule has 1 spiro atoms. The average Bonchev–Trinajstić information content (AvgIpc) is 3.08. The smallest absolute Gasteiger partial charge is 0.271 e. The number of carbonyl (C=O) groups is 1. The van der Waals surface area contributed by atoms with Gasteiger partial charge in [0.1, 0.15) is 5.69 Å². The molecule has 122 valence electrons. The summed E-state index contributed by atoms with van der Waals surface area (Å²) in [7, 11) is 1.76. The Morgan fingerprint density at radius 3 is 2.86 bits per heavy atom. The molecule has 2 saturated heterocycles. The molecule has 3 rings (SSSR count). The van der Waals surface area contributed by atoms with Gasteiger partial charge in [0.25, 0.3) is 5.91 Å². The summed E-state index contributed by atoms with van der Waals surface area (Å²) in [6, 6.07) is 1.76. The molecule has 1 amide bonds. The van der Waals surface area contributed by atoms with Crippen LogP contribution in [0, 0.1) is 5.41 Å². The van der Waals surface area contributed by atoms with E-state index in [-0.39, 0.29) is 5.91 Å². The van der Waals surface area contributed by atoms with Crippen LogP contribution in [0.2, 0.25) is 0 Å². The zero-order chi connectivity index (χ0) is 15.4. The lowest BCUT2D eigenvalue weighted by atomic mass is 9.72. The van der Waals surface area contributed by atoms with Crippen molar-refractivity contribution < 1.29 is 9.53 Å². The Labute approximate surface area is 131 Å². The molecule has 2 aliphatic heterocycles. The third-order valence-electron chi connectivity index (χ3n) is 5.21. The Bertz CT molecular complexity index is 480. The molecule has 0 aliphatic carbocycles. The number of nitrogens with zero attached hydrogens (tertiary/aromatic N) is 3. The van der Waals surface area contributed by atoms with Crippen molar-refractivity contribution in [2.75, 3.05) is 46.4 Å². The van der Waals surface area contributed by atoms with Gasteiger partial charge in [0.05, 0.1) is 6.61 Å². The number of piperidine rings is 2. The molecule has 22 heavy (non-hydrogen) atoms. The van der Waals surface area contributed by atoms with Gasteiger partial charge in [-0.05, 0) is 50.3 Å². The summed E-state index contributed by atoms with van der Waals surface area (Å²) < 4.78 is 5.17. The third kappa shape index (κ3) is 3.33. The van der Waals surface area contributed by atoms with E-state index in [0.717, 1.165) is 45.8 Å². The molecule has 0 saturated carbocycles. The van der Waals surface area contributed by atoms with Crippen molar-refractivity contribution in [1.29, 1.82) is 0 Å². The standard InChI is InChI=1S/C16H26N4O2/c1-22-12-11-19-9-5-16(6-10-19)4-2-8-20(13-16)15(21)14-3-7-17-18-14/h3,7H,2,4-6,8-13H2,1H3,(H,17,18). The van der Waals surface area contributed by atoms with Crippen molar-refractivity contribution in [3.05, 3.63) is 18.0 Å². The average molecular weight is 306 g/mol. The van der Waals surface area contributed by atoms with Crippen LogP contribution in [0.15, 0.2) is 12.3 Å². The number of H-pyrrole nitrogens is 1. The summed E-state index contributed by atoms with van der Waals surface area (Å²) >= 11 is 0. The molecule has 2 aliphatic rings. The number of likely N-dealkylation sites (tertiary alicyclic amines) is 2. The summed E-state index contributed by atoms with van der Waals surface area (Å²) in [5, 5.41) is 6.68. The predicted octanol–water partition coefficient (Wildman–Crippen LogP) is 1.37. The highest BCUT2D eigenvalue weighted by Crippen LogP contribution is 2.40. The van der Waals surface area contributed by atoms with E-state index in [0.29, 0.717) is 11.1 Å². The number of rotatable bonds is 4. The maximum Gasteiger partial charge on any atom is 0.271 e. The quantitative estimate of drug-likeness (QED) is 0.913. The van der Waals surface area contributed by atoms with Crippen LogP contribution in [0.4, 0.5) is 0 Å². The van der Waals surface area contributed by atoms with Crippen LogP contribution in [-0.2, 0) is 4.74 Å². The van der Waals surface area contributed by atoms with Gasteiger partial charge in [-0.25, -0.2) is 0 Å². The number of amides is 1. The molecule has 6 nitrogen and oxygen atoms in total.